The van der Waals surface area contributed by atoms with Gasteiger partial charge >= 0.3 is 6.18 Å². The van der Waals surface area contributed by atoms with Crippen LogP contribution in [0.4, 0.5) is 13.2 Å². The van der Waals surface area contributed by atoms with E-state index < -0.39 is 11.7 Å². The standard InChI is InChI=1S/C23H13ClF3NO/c24-16-11-9-15(10-12-16)22(29)18-13-28-21-17(7-4-8-19(21)23(25,26)27)20(18)14-5-2-1-3-6-14/h1-13H. The number of alkyl halides is 3. The van der Waals surface area contributed by atoms with Crippen molar-refractivity contribution in [1.29, 1.82) is 0 Å². The van der Waals surface area contributed by atoms with Crippen LogP contribution in [0.15, 0.2) is 79.0 Å². The first-order valence-electron chi connectivity index (χ1n) is 8.71. The molecule has 0 saturated heterocycles. The lowest BCUT2D eigenvalue weighted by molar-refractivity contribution is -0.136. The highest BCUT2D eigenvalue weighted by Gasteiger charge is 2.34. The molecule has 0 fully saturated rings. The molecular formula is C23H13ClF3NO. The summed E-state index contributed by atoms with van der Waals surface area (Å²) in [7, 11) is 0. The third kappa shape index (κ3) is 3.61. The first-order chi connectivity index (χ1) is 13.9. The van der Waals surface area contributed by atoms with Crippen molar-refractivity contribution in [2.75, 3.05) is 0 Å². The maximum Gasteiger partial charge on any atom is 0.418 e. The monoisotopic (exact) mass is 411 g/mol. The zero-order valence-corrected chi connectivity index (χ0v) is 15.6. The average molecular weight is 412 g/mol. The number of carbonyl (C=O) groups excluding carboxylic acids is 1. The van der Waals surface area contributed by atoms with Crippen LogP contribution in [-0.2, 0) is 6.18 Å². The molecule has 0 spiro atoms. The number of rotatable bonds is 3. The number of halogens is 4. The molecule has 6 heteroatoms. The molecule has 0 unspecified atom stereocenters. The van der Waals surface area contributed by atoms with Gasteiger partial charge in [0, 0.05) is 33.3 Å². The second kappa shape index (κ2) is 7.33. The minimum atomic E-state index is -4.55. The van der Waals surface area contributed by atoms with Crippen molar-refractivity contribution in [3.8, 4) is 11.1 Å². The van der Waals surface area contributed by atoms with Gasteiger partial charge in [-0.25, -0.2) is 0 Å². The van der Waals surface area contributed by atoms with Crippen LogP contribution < -0.4 is 0 Å². The Kier molecular flexibility index (Phi) is 4.84. The zero-order chi connectivity index (χ0) is 20.6. The fraction of sp³-hybridized carbons (Fsp3) is 0.0435. The second-order valence-corrected chi connectivity index (χ2v) is 6.88. The van der Waals surface area contributed by atoms with Gasteiger partial charge in [0.2, 0.25) is 0 Å². The summed E-state index contributed by atoms with van der Waals surface area (Å²) >= 11 is 5.90. The third-order valence-corrected chi connectivity index (χ3v) is 4.87. The summed E-state index contributed by atoms with van der Waals surface area (Å²) < 4.78 is 40.5. The van der Waals surface area contributed by atoms with Gasteiger partial charge in [-0.1, -0.05) is 54.1 Å². The summed E-state index contributed by atoms with van der Waals surface area (Å²) in [6.07, 6.45) is -3.33. The van der Waals surface area contributed by atoms with Crippen LogP contribution in [0.5, 0.6) is 0 Å². The highest BCUT2D eigenvalue weighted by Crippen LogP contribution is 2.38. The molecule has 0 amide bonds. The van der Waals surface area contributed by atoms with Gasteiger partial charge in [-0.15, -0.1) is 0 Å². The second-order valence-electron chi connectivity index (χ2n) is 6.45. The molecule has 0 aliphatic heterocycles. The average Bonchev–Trinajstić information content (AvgIpc) is 2.72. The minimum Gasteiger partial charge on any atom is -0.289 e. The lowest BCUT2D eigenvalue weighted by Gasteiger charge is -2.15. The Morgan fingerprint density at radius 1 is 0.862 bits per heavy atom. The van der Waals surface area contributed by atoms with E-state index in [0.29, 0.717) is 21.7 Å². The Hall–Kier alpha value is -3.18. The number of aromatic nitrogens is 1. The molecule has 4 aromatic rings. The Balaban J connectivity index is 2.03. The third-order valence-electron chi connectivity index (χ3n) is 4.62. The van der Waals surface area contributed by atoms with Crippen LogP contribution in [0.3, 0.4) is 0 Å². The molecule has 0 bridgehead atoms. The predicted octanol–water partition coefficient (Wildman–Crippen LogP) is 6.81. The number of fused-ring (bicyclic) bond motifs is 1. The predicted molar refractivity (Wildman–Crippen MR) is 107 cm³/mol. The van der Waals surface area contributed by atoms with Gasteiger partial charge in [0.25, 0.3) is 0 Å². The summed E-state index contributed by atoms with van der Waals surface area (Å²) in [6.45, 7) is 0. The van der Waals surface area contributed by atoms with Gasteiger partial charge in [0.15, 0.2) is 5.78 Å². The molecule has 0 N–H and O–H groups in total. The summed E-state index contributed by atoms with van der Waals surface area (Å²) in [4.78, 5) is 17.2. The first-order valence-corrected chi connectivity index (χ1v) is 9.08. The van der Waals surface area contributed by atoms with Crippen LogP contribution >= 0.6 is 11.6 Å². The molecule has 4 rings (SSSR count). The normalized spacial score (nSPS) is 11.6. The molecule has 0 aliphatic rings. The number of carbonyl (C=O) groups is 1. The van der Waals surface area contributed by atoms with Crippen LogP contribution in [-0.4, -0.2) is 10.8 Å². The molecule has 144 valence electrons. The van der Waals surface area contributed by atoms with E-state index in [0.717, 1.165) is 6.07 Å². The van der Waals surface area contributed by atoms with Crippen molar-refractivity contribution in [3.05, 3.63) is 101 Å². The lowest BCUT2D eigenvalue weighted by atomic mass is 9.91. The fourth-order valence-electron chi connectivity index (χ4n) is 3.30. The van der Waals surface area contributed by atoms with Gasteiger partial charge in [0.1, 0.15) is 0 Å². The zero-order valence-electron chi connectivity index (χ0n) is 14.9. The number of ketones is 1. The molecule has 0 radical (unpaired) electrons. The lowest BCUT2D eigenvalue weighted by Crippen LogP contribution is -2.09. The molecule has 0 aliphatic carbocycles. The molecule has 1 aromatic heterocycles. The van der Waals surface area contributed by atoms with Gasteiger partial charge < -0.3 is 0 Å². The van der Waals surface area contributed by atoms with Crippen LogP contribution in [0.25, 0.3) is 22.0 Å². The number of pyridine rings is 1. The van der Waals surface area contributed by atoms with Crippen LogP contribution in [0.2, 0.25) is 5.02 Å². The molecule has 29 heavy (non-hydrogen) atoms. The Morgan fingerprint density at radius 3 is 2.21 bits per heavy atom. The molecule has 0 atom stereocenters. The van der Waals surface area contributed by atoms with Crippen molar-refractivity contribution >= 4 is 28.3 Å². The topological polar surface area (TPSA) is 30.0 Å². The van der Waals surface area contributed by atoms with Crippen molar-refractivity contribution in [1.82, 2.24) is 4.98 Å². The fourth-order valence-corrected chi connectivity index (χ4v) is 3.42. The molecule has 2 nitrogen and oxygen atoms in total. The largest absolute Gasteiger partial charge is 0.418 e. The quantitative estimate of drug-likeness (QED) is 0.347. The van der Waals surface area contributed by atoms with Crippen molar-refractivity contribution in [2.24, 2.45) is 0 Å². The molecule has 1 heterocycles. The van der Waals surface area contributed by atoms with E-state index in [2.05, 4.69) is 4.98 Å². The molecule has 0 saturated carbocycles. The number of nitrogens with zero attached hydrogens (tertiary/aromatic N) is 1. The van der Waals surface area contributed by atoms with E-state index in [-0.39, 0.29) is 22.2 Å². The van der Waals surface area contributed by atoms with Crippen molar-refractivity contribution in [3.63, 3.8) is 0 Å². The molecule has 3 aromatic carbocycles. The van der Waals surface area contributed by atoms with Crippen LogP contribution in [0.1, 0.15) is 21.5 Å². The highest BCUT2D eigenvalue weighted by molar-refractivity contribution is 6.30. The minimum absolute atomic E-state index is 0.188. The van der Waals surface area contributed by atoms with Gasteiger partial charge in [-0.2, -0.15) is 13.2 Å². The van der Waals surface area contributed by atoms with Crippen molar-refractivity contribution < 1.29 is 18.0 Å². The Labute approximate surface area is 169 Å². The van der Waals surface area contributed by atoms with E-state index in [1.807, 2.05) is 0 Å². The summed E-state index contributed by atoms with van der Waals surface area (Å²) in [5.41, 5.74) is 0.632. The Morgan fingerprint density at radius 2 is 1.55 bits per heavy atom. The maximum absolute atomic E-state index is 13.5. The smallest absolute Gasteiger partial charge is 0.289 e. The summed E-state index contributed by atoms with van der Waals surface area (Å²) in [5.74, 6) is -0.340. The number of hydrogen-bond donors (Lipinski definition) is 0. The molecular weight excluding hydrogens is 399 g/mol. The van der Waals surface area contributed by atoms with E-state index in [4.69, 9.17) is 11.6 Å². The van der Waals surface area contributed by atoms with E-state index in [9.17, 15) is 18.0 Å². The van der Waals surface area contributed by atoms with Gasteiger partial charge in [-0.3, -0.25) is 9.78 Å². The number of hydrogen-bond acceptors (Lipinski definition) is 2. The Bertz CT molecular complexity index is 1200. The summed E-state index contributed by atoms with van der Waals surface area (Å²) in [6, 6.07) is 19.1. The number of benzene rings is 3. The van der Waals surface area contributed by atoms with E-state index >= 15 is 0 Å². The number of para-hydroxylation sites is 1. The summed E-state index contributed by atoms with van der Waals surface area (Å²) in [5, 5.41) is 0.752. The van der Waals surface area contributed by atoms with Gasteiger partial charge in [0.05, 0.1) is 11.1 Å². The van der Waals surface area contributed by atoms with Crippen molar-refractivity contribution in [2.45, 2.75) is 6.18 Å². The maximum atomic E-state index is 13.5. The first kappa shape index (κ1) is 19.2. The van der Waals surface area contributed by atoms with Gasteiger partial charge in [-0.05, 0) is 35.9 Å². The van der Waals surface area contributed by atoms with Crippen LogP contribution in [0, 0.1) is 0 Å². The van der Waals surface area contributed by atoms with E-state index in [1.54, 1.807) is 60.7 Å². The SMILES string of the molecule is O=C(c1ccc(Cl)cc1)c1cnc2c(C(F)(F)F)cccc2c1-c1ccccc1. The van der Waals surface area contributed by atoms with E-state index in [1.165, 1.54) is 12.3 Å². The highest BCUT2D eigenvalue weighted by atomic mass is 35.5.